The van der Waals surface area contributed by atoms with E-state index in [1.54, 1.807) is 11.0 Å². The lowest BCUT2D eigenvalue weighted by atomic mass is 9.95. The molecule has 1 heterocycles. The van der Waals surface area contributed by atoms with Crippen LogP contribution in [0.25, 0.3) is 0 Å². The van der Waals surface area contributed by atoms with Gasteiger partial charge in [0.05, 0.1) is 12.0 Å². The van der Waals surface area contributed by atoms with Crippen LogP contribution in [0.2, 0.25) is 5.02 Å². The minimum Gasteiger partial charge on any atom is -0.349 e. The smallest absolute Gasteiger partial charge is 0.253 e. The van der Waals surface area contributed by atoms with E-state index in [2.05, 4.69) is 5.32 Å². The van der Waals surface area contributed by atoms with E-state index in [1.807, 2.05) is 25.1 Å². The standard InChI is InChI=1S/C21H22ClFN2O2/c1-14(16-4-2-6-18(22)12-16)24-20(26)17-5-3-11-25(13-17)21(27)15-7-9-19(23)10-8-15/h2,4,6-10,12,14,17H,3,5,11,13H2,1H3,(H,24,26). The highest BCUT2D eigenvalue weighted by Crippen LogP contribution is 2.22. The zero-order valence-electron chi connectivity index (χ0n) is 15.1. The summed E-state index contributed by atoms with van der Waals surface area (Å²) in [5.74, 6) is -0.878. The summed E-state index contributed by atoms with van der Waals surface area (Å²) in [5, 5.41) is 3.64. The van der Waals surface area contributed by atoms with Gasteiger partial charge in [0.2, 0.25) is 5.91 Å². The molecule has 0 spiro atoms. The third-order valence-electron chi connectivity index (χ3n) is 4.88. The second-order valence-corrected chi connectivity index (χ2v) is 7.32. The first-order chi connectivity index (χ1) is 12.9. The summed E-state index contributed by atoms with van der Waals surface area (Å²) < 4.78 is 13.1. The predicted molar refractivity (Wildman–Crippen MR) is 103 cm³/mol. The molecule has 0 radical (unpaired) electrons. The Morgan fingerprint density at radius 1 is 1.22 bits per heavy atom. The van der Waals surface area contributed by atoms with E-state index in [9.17, 15) is 14.0 Å². The van der Waals surface area contributed by atoms with Crippen molar-refractivity contribution in [3.8, 4) is 0 Å². The molecule has 0 aromatic heterocycles. The average Bonchev–Trinajstić information content (AvgIpc) is 2.68. The molecular weight excluding hydrogens is 367 g/mol. The van der Waals surface area contributed by atoms with Gasteiger partial charge in [-0.15, -0.1) is 0 Å². The molecule has 2 aromatic rings. The minimum atomic E-state index is -0.377. The summed E-state index contributed by atoms with van der Waals surface area (Å²) in [6.45, 7) is 2.88. The van der Waals surface area contributed by atoms with Crippen LogP contribution in [0.15, 0.2) is 48.5 Å². The van der Waals surface area contributed by atoms with Crippen molar-refractivity contribution < 1.29 is 14.0 Å². The molecule has 142 valence electrons. The van der Waals surface area contributed by atoms with Gasteiger partial charge in [-0.2, -0.15) is 0 Å². The molecule has 2 amide bonds. The Labute approximate surface area is 163 Å². The van der Waals surface area contributed by atoms with Gasteiger partial charge in [-0.25, -0.2) is 4.39 Å². The summed E-state index contributed by atoms with van der Waals surface area (Å²) >= 11 is 6.02. The van der Waals surface area contributed by atoms with Crippen LogP contribution in [-0.4, -0.2) is 29.8 Å². The minimum absolute atomic E-state index is 0.0703. The highest BCUT2D eigenvalue weighted by Gasteiger charge is 2.29. The van der Waals surface area contributed by atoms with Crippen LogP contribution < -0.4 is 5.32 Å². The van der Waals surface area contributed by atoms with E-state index < -0.39 is 0 Å². The molecule has 0 saturated carbocycles. The molecule has 1 fully saturated rings. The topological polar surface area (TPSA) is 49.4 Å². The van der Waals surface area contributed by atoms with Gasteiger partial charge in [-0.1, -0.05) is 23.7 Å². The lowest BCUT2D eigenvalue weighted by molar-refractivity contribution is -0.127. The van der Waals surface area contributed by atoms with Crippen LogP contribution in [0, 0.1) is 11.7 Å². The van der Waals surface area contributed by atoms with Crippen molar-refractivity contribution in [3.63, 3.8) is 0 Å². The van der Waals surface area contributed by atoms with Crippen molar-refractivity contribution in [2.45, 2.75) is 25.8 Å². The molecular formula is C21H22ClFN2O2. The number of rotatable bonds is 4. The summed E-state index contributed by atoms with van der Waals surface area (Å²) in [6, 6.07) is 12.7. The fourth-order valence-electron chi connectivity index (χ4n) is 3.34. The Bertz CT molecular complexity index is 825. The van der Waals surface area contributed by atoms with Crippen LogP contribution in [0.4, 0.5) is 4.39 Å². The van der Waals surface area contributed by atoms with Gasteiger partial charge < -0.3 is 10.2 Å². The summed E-state index contributed by atoms with van der Waals surface area (Å²) in [4.78, 5) is 27.0. The van der Waals surface area contributed by atoms with E-state index in [1.165, 1.54) is 24.3 Å². The Balaban J connectivity index is 1.62. The Morgan fingerprint density at radius 3 is 2.67 bits per heavy atom. The van der Waals surface area contributed by atoms with Crippen LogP contribution in [0.3, 0.4) is 0 Å². The number of carbonyl (C=O) groups is 2. The number of amides is 2. The fraction of sp³-hybridized carbons (Fsp3) is 0.333. The van der Waals surface area contributed by atoms with Crippen molar-refractivity contribution in [2.24, 2.45) is 5.92 Å². The van der Waals surface area contributed by atoms with Crippen LogP contribution >= 0.6 is 11.6 Å². The monoisotopic (exact) mass is 388 g/mol. The Morgan fingerprint density at radius 2 is 1.96 bits per heavy atom. The molecule has 2 unspecified atom stereocenters. The zero-order chi connectivity index (χ0) is 19.4. The molecule has 1 N–H and O–H groups in total. The zero-order valence-corrected chi connectivity index (χ0v) is 15.9. The second-order valence-electron chi connectivity index (χ2n) is 6.88. The summed E-state index contributed by atoms with van der Waals surface area (Å²) in [7, 11) is 0. The first-order valence-electron chi connectivity index (χ1n) is 9.04. The van der Waals surface area contributed by atoms with Gasteiger partial charge in [0.25, 0.3) is 5.91 Å². The lowest BCUT2D eigenvalue weighted by Crippen LogP contribution is -2.45. The quantitative estimate of drug-likeness (QED) is 0.853. The lowest BCUT2D eigenvalue weighted by Gasteiger charge is -2.32. The predicted octanol–water partition coefficient (Wildman–Crippen LogP) is 4.21. The molecule has 3 rings (SSSR count). The first-order valence-corrected chi connectivity index (χ1v) is 9.42. The fourth-order valence-corrected chi connectivity index (χ4v) is 3.54. The summed E-state index contributed by atoms with van der Waals surface area (Å²) in [5.41, 5.74) is 1.37. The van der Waals surface area contributed by atoms with Gasteiger partial charge in [0.15, 0.2) is 0 Å². The molecule has 2 aromatic carbocycles. The maximum absolute atomic E-state index is 13.1. The van der Waals surface area contributed by atoms with Crippen LogP contribution in [0.1, 0.15) is 41.7 Å². The maximum Gasteiger partial charge on any atom is 0.253 e. The number of hydrogen-bond donors (Lipinski definition) is 1. The van der Waals surface area contributed by atoms with E-state index in [0.29, 0.717) is 23.7 Å². The molecule has 4 nitrogen and oxygen atoms in total. The number of hydrogen-bond acceptors (Lipinski definition) is 2. The molecule has 27 heavy (non-hydrogen) atoms. The van der Waals surface area contributed by atoms with Crippen molar-refractivity contribution in [3.05, 3.63) is 70.5 Å². The third kappa shape index (κ3) is 4.86. The number of likely N-dealkylation sites (tertiary alicyclic amines) is 1. The Hall–Kier alpha value is -2.40. The second kappa shape index (κ2) is 8.53. The first kappa shape index (κ1) is 19.4. The average molecular weight is 389 g/mol. The largest absolute Gasteiger partial charge is 0.349 e. The number of carbonyl (C=O) groups excluding carboxylic acids is 2. The van der Waals surface area contributed by atoms with Gasteiger partial charge >= 0.3 is 0 Å². The highest BCUT2D eigenvalue weighted by molar-refractivity contribution is 6.30. The number of nitrogens with zero attached hydrogens (tertiary/aromatic N) is 1. The van der Waals surface area contributed by atoms with E-state index in [0.717, 1.165) is 18.4 Å². The van der Waals surface area contributed by atoms with Crippen molar-refractivity contribution in [1.29, 1.82) is 0 Å². The van der Waals surface area contributed by atoms with Gasteiger partial charge in [0.1, 0.15) is 5.82 Å². The van der Waals surface area contributed by atoms with E-state index >= 15 is 0 Å². The number of halogens is 2. The molecule has 6 heteroatoms. The van der Waals surface area contributed by atoms with E-state index in [4.69, 9.17) is 11.6 Å². The maximum atomic E-state index is 13.1. The number of piperidine rings is 1. The van der Waals surface area contributed by atoms with E-state index in [-0.39, 0.29) is 29.6 Å². The van der Waals surface area contributed by atoms with Crippen molar-refractivity contribution in [2.75, 3.05) is 13.1 Å². The third-order valence-corrected chi connectivity index (χ3v) is 5.11. The molecule has 2 atom stereocenters. The van der Waals surface area contributed by atoms with Gasteiger partial charge in [-0.05, 0) is 61.7 Å². The van der Waals surface area contributed by atoms with Crippen molar-refractivity contribution >= 4 is 23.4 Å². The SMILES string of the molecule is CC(NC(=O)C1CCCN(C(=O)c2ccc(F)cc2)C1)c1cccc(Cl)c1. The molecule has 1 aliphatic rings. The van der Waals surface area contributed by atoms with Crippen molar-refractivity contribution in [1.82, 2.24) is 10.2 Å². The number of benzene rings is 2. The van der Waals surface area contributed by atoms with Gasteiger partial charge in [0, 0.05) is 23.7 Å². The summed E-state index contributed by atoms with van der Waals surface area (Å²) in [6.07, 6.45) is 1.50. The van der Waals surface area contributed by atoms with Crippen LogP contribution in [0.5, 0.6) is 0 Å². The molecule has 0 aliphatic carbocycles. The number of nitrogens with one attached hydrogen (secondary N) is 1. The normalized spacial score (nSPS) is 18.0. The van der Waals surface area contributed by atoms with Gasteiger partial charge in [-0.3, -0.25) is 9.59 Å². The van der Waals surface area contributed by atoms with Crippen LogP contribution in [-0.2, 0) is 4.79 Å². The molecule has 1 saturated heterocycles. The molecule has 1 aliphatic heterocycles. The highest BCUT2D eigenvalue weighted by atomic mass is 35.5. The molecule has 0 bridgehead atoms. The Kier molecular flexibility index (Phi) is 6.11.